The average molecular weight is 473 g/mol. The van der Waals surface area contributed by atoms with Crippen LogP contribution in [0.5, 0.6) is 17.2 Å². The predicted molar refractivity (Wildman–Crippen MR) is 130 cm³/mol. The van der Waals surface area contributed by atoms with Crippen molar-refractivity contribution in [3.8, 4) is 17.2 Å². The number of amides is 1. The van der Waals surface area contributed by atoms with Crippen molar-refractivity contribution in [3.05, 3.63) is 47.5 Å². The first kappa shape index (κ1) is 25.8. The van der Waals surface area contributed by atoms with Crippen molar-refractivity contribution < 1.29 is 29.6 Å². The number of aliphatic hydroxyl groups is 2. The van der Waals surface area contributed by atoms with Crippen molar-refractivity contribution in [2.75, 3.05) is 25.1 Å². The van der Waals surface area contributed by atoms with Gasteiger partial charge in [0.1, 0.15) is 17.2 Å². The number of fused-ring (bicyclic) bond motifs is 1. The molecule has 0 saturated heterocycles. The lowest BCUT2D eigenvalue weighted by molar-refractivity contribution is -0.118. The lowest BCUT2D eigenvalue weighted by atomic mass is 9.90. The molecule has 0 aliphatic carbocycles. The van der Waals surface area contributed by atoms with Gasteiger partial charge in [-0.3, -0.25) is 4.79 Å². The number of phenolic OH excluding ortho intramolecular Hbond substituents is 1. The largest absolute Gasteiger partial charge is 0.506 e. The SMILES string of the molecule is CCCCOc1ccc(CC(C)(C)NC(CCO)C(O)c2ccc(O)c3c2OCC(=O)N3)cc1. The third-order valence-electron chi connectivity index (χ3n) is 5.83. The number of ether oxygens (including phenoxy) is 2. The monoisotopic (exact) mass is 472 g/mol. The van der Waals surface area contributed by atoms with Gasteiger partial charge in [-0.1, -0.05) is 25.5 Å². The predicted octanol–water partition coefficient (Wildman–Crippen LogP) is 3.30. The molecule has 8 nitrogen and oxygen atoms in total. The van der Waals surface area contributed by atoms with Gasteiger partial charge in [0, 0.05) is 23.8 Å². The molecular weight excluding hydrogens is 436 g/mol. The molecule has 0 bridgehead atoms. The quantitative estimate of drug-likeness (QED) is 0.237. The summed E-state index contributed by atoms with van der Waals surface area (Å²) in [6, 6.07) is 10.5. The van der Waals surface area contributed by atoms with Gasteiger partial charge in [-0.15, -0.1) is 0 Å². The zero-order chi connectivity index (χ0) is 24.7. The lowest BCUT2D eigenvalue weighted by Crippen LogP contribution is -2.50. The molecule has 0 fully saturated rings. The molecule has 1 heterocycles. The highest BCUT2D eigenvalue weighted by Crippen LogP contribution is 2.42. The maximum atomic E-state index is 11.7. The minimum atomic E-state index is -1.04. The number of nitrogens with one attached hydrogen (secondary N) is 2. The molecule has 0 radical (unpaired) electrons. The van der Waals surface area contributed by atoms with E-state index in [-0.39, 0.29) is 36.3 Å². The first-order chi connectivity index (χ1) is 16.2. The molecule has 2 unspecified atom stereocenters. The second kappa shape index (κ2) is 11.6. The first-order valence-electron chi connectivity index (χ1n) is 11.8. The number of rotatable bonds is 12. The van der Waals surface area contributed by atoms with Crippen molar-refractivity contribution in [2.24, 2.45) is 0 Å². The van der Waals surface area contributed by atoms with E-state index in [1.807, 2.05) is 38.1 Å². The number of benzene rings is 2. The van der Waals surface area contributed by atoms with Crippen LogP contribution < -0.4 is 20.1 Å². The summed E-state index contributed by atoms with van der Waals surface area (Å²) in [5, 5.41) is 37.1. The van der Waals surface area contributed by atoms with Crippen LogP contribution in [0, 0.1) is 0 Å². The minimum absolute atomic E-state index is 0.119. The number of carbonyl (C=O) groups is 1. The molecule has 8 heteroatoms. The molecule has 0 aromatic heterocycles. The Morgan fingerprint density at radius 2 is 1.94 bits per heavy atom. The molecule has 2 atom stereocenters. The number of unbranched alkanes of at least 4 members (excludes halogenated alkanes) is 1. The number of hydrogen-bond donors (Lipinski definition) is 5. The van der Waals surface area contributed by atoms with Gasteiger partial charge in [-0.05, 0) is 62.9 Å². The van der Waals surface area contributed by atoms with Crippen LogP contribution in [0.4, 0.5) is 5.69 Å². The highest BCUT2D eigenvalue weighted by atomic mass is 16.5. The van der Waals surface area contributed by atoms with E-state index < -0.39 is 17.7 Å². The van der Waals surface area contributed by atoms with Gasteiger partial charge in [0.25, 0.3) is 5.91 Å². The molecule has 0 spiro atoms. The molecular formula is C26H36N2O6. The highest BCUT2D eigenvalue weighted by Gasteiger charge is 2.32. The van der Waals surface area contributed by atoms with Crippen molar-refractivity contribution in [1.82, 2.24) is 5.32 Å². The fourth-order valence-electron chi connectivity index (χ4n) is 4.18. The Hall–Kier alpha value is -2.81. The van der Waals surface area contributed by atoms with Crippen LogP contribution in [0.1, 0.15) is 57.3 Å². The van der Waals surface area contributed by atoms with Gasteiger partial charge in [0.05, 0.1) is 12.7 Å². The number of phenols is 1. The molecule has 1 aliphatic rings. The Morgan fingerprint density at radius 1 is 1.21 bits per heavy atom. The number of hydrogen-bond acceptors (Lipinski definition) is 7. The van der Waals surface area contributed by atoms with Crippen LogP contribution in [-0.4, -0.2) is 52.6 Å². The summed E-state index contributed by atoms with van der Waals surface area (Å²) in [6.45, 7) is 6.60. The minimum Gasteiger partial charge on any atom is -0.506 e. The highest BCUT2D eigenvalue weighted by molar-refractivity contribution is 5.97. The summed E-state index contributed by atoms with van der Waals surface area (Å²) >= 11 is 0. The van der Waals surface area contributed by atoms with Crippen molar-refractivity contribution in [1.29, 1.82) is 0 Å². The smallest absolute Gasteiger partial charge is 0.262 e. The van der Waals surface area contributed by atoms with E-state index in [9.17, 15) is 20.1 Å². The summed E-state index contributed by atoms with van der Waals surface area (Å²) in [5.74, 6) is 0.588. The fourth-order valence-corrected chi connectivity index (χ4v) is 4.18. The van der Waals surface area contributed by atoms with Crippen LogP contribution in [0.25, 0.3) is 0 Å². The molecule has 2 aromatic carbocycles. The van der Waals surface area contributed by atoms with E-state index in [2.05, 4.69) is 17.6 Å². The summed E-state index contributed by atoms with van der Waals surface area (Å²) in [4.78, 5) is 11.7. The summed E-state index contributed by atoms with van der Waals surface area (Å²) in [6.07, 6.45) is 2.07. The Kier molecular flexibility index (Phi) is 8.77. The van der Waals surface area contributed by atoms with Gasteiger partial charge >= 0.3 is 0 Å². The molecule has 2 aromatic rings. The fraction of sp³-hybridized carbons (Fsp3) is 0.500. The third kappa shape index (κ3) is 6.62. The van der Waals surface area contributed by atoms with Gasteiger partial charge in [-0.25, -0.2) is 0 Å². The third-order valence-corrected chi connectivity index (χ3v) is 5.83. The van der Waals surface area contributed by atoms with Gasteiger partial charge < -0.3 is 35.4 Å². The second-order valence-electron chi connectivity index (χ2n) is 9.33. The number of anilines is 1. The van der Waals surface area contributed by atoms with E-state index in [1.165, 1.54) is 6.07 Å². The van der Waals surface area contributed by atoms with Crippen molar-refractivity contribution >= 4 is 11.6 Å². The number of aromatic hydroxyl groups is 1. The molecule has 0 saturated carbocycles. The molecule has 1 aliphatic heterocycles. The number of aliphatic hydroxyl groups excluding tert-OH is 2. The Labute approximate surface area is 200 Å². The molecule has 1 amide bonds. The van der Waals surface area contributed by atoms with E-state index >= 15 is 0 Å². The summed E-state index contributed by atoms with van der Waals surface area (Å²) in [7, 11) is 0. The number of carbonyl (C=O) groups excluding carboxylic acids is 1. The van der Waals surface area contributed by atoms with E-state index in [0.29, 0.717) is 25.0 Å². The maximum absolute atomic E-state index is 11.7. The van der Waals surface area contributed by atoms with Gasteiger partial charge in [-0.2, -0.15) is 0 Å². The van der Waals surface area contributed by atoms with Crippen LogP contribution in [-0.2, 0) is 11.2 Å². The Morgan fingerprint density at radius 3 is 2.62 bits per heavy atom. The van der Waals surface area contributed by atoms with Crippen LogP contribution in [0.3, 0.4) is 0 Å². The van der Waals surface area contributed by atoms with E-state index in [0.717, 1.165) is 24.2 Å². The van der Waals surface area contributed by atoms with Crippen LogP contribution in [0.2, 0.25) is 0 Å². The van der Waals surface area contributed by atoms with Crippen molar-refractivity contribution in [2.45, 2.75) is 64.1 Å². The Bertz CT molecular complexity index is 961. The molecule has 5 N–H and O–H groups in total. The first-order valence-corrected chi connectivity index (χ1v) is 11.8. The molecule has 186 valence electrons. The zero-order valence-electron chi connectivity index (χ0n) is 20.1. The molecule has 3 rings (SSSR count). The van der Waals surface area contributed by atoms with Crippen LogP contribution in [0.15, 0.2) is 36.4 Å². The van der Waals surface area contributed by atoms with Crippen molar-refractivity contribution in [3.63, 3.8) is 0 Å². The Balaban J connectivity index is 1.72. The average Bonchev–Trinajstić information content (AvgIpc) is 2.80. The van der Waals surface area contributed by atoms with Gasteiger partial charge in [0.15, 0.2) is 12.4 Å². The summed E-state index contributed by atoms with van der Waals surface area (Å²) in [5.41, 5.74) is 1.29. The molecule has 34 heavy (non-hydrogen) atoms. The topological polar surface area (TPSA) is 120 Å². The standard InChI is InChI=1S/C26H36N2O6/c1-4-5-14-33-18-8-6-17(7-9-18)15-26(2,3)28-20(12-13-29)24(32)19-10-11-21(30)23-25(19)34-16-22(31)27-23/h6-11,20,24,28-30,32H,4-5,12-16H2,1-3H3,(H,27,31). The summed E-state index contributed by atoms with van der Waals surface area (Å²) < 4.78 is 11.3. The van der Waals surface area contributed by atoms with Crippen LogP contribution >= 0.6 is 0 Å². The lowest BCUT2D eigenvalue weighted by Gasteiger charge is -2.35. The normalized spacial score (nSPS) is 15.1. The van der Waals surface area contributed by atoms with Gasteiger partial charge in [0.2, 0.25) is 0 Å². The van der Waals surface area contributed by atoms with E-state index in [4.69, 9.17) is 9.47 Å². The van der Waals surface area contributed by atoms with E-state index in [1.54, 1.807) is 6.07 Å². The second-order valence-corrected chi connectivity index (χ2v) is 9.33. The zero-order valence-corrected chi connectivity index (χ0v) is 20.1. The maximum Gasteiger partial charge on any atom is 0.262 e.